The Balaban J connectivity index is 2.51. The predicted octanol–water partition coefficient (Wildman–Crippen LogP) is -0.259. The molecule has 1 aliphatic rings. The average molecular weight is 201 g/mol. The topological polar surface area (TPSA) is 24.1 Å². The second-order valence-corrected chi connectivity index (χ2v) is 3.50. The van der Waals surface area contributed by atoms with Crippen LogP contribution in [0.25, 0.3) is 0 Å². The third kappa shape index (κ3) is 1.42. The van der Waals surface area contributed by atoms with Crippen LogP contribution in [0.2, 0.25) is 0 Å². The van der Waals surface area contributed by atoms with Crippen LogP contribution in [0.15, 0.2) is 24.6 Å². The van der Waals surface area contributed by atoms with E-state index in [0.29, 0.717) is 0 Å². The van der Waals surface area contributed by atoms with Crippen molar-refractivity contribution in [2.75, 3.05) is 0 Å². The Kier molecular flexibility index (Phi) is 1.62. The van der Waals surface area contributed by atoms with Gasteiger partial charge >= 0.3 is 53.3 Å². The van der Waals surface area contributed by atoms with Crippen molar-refractivity contribution in [2.45, 2.75) is 0 Å². The molecule has 2 N–H and O–H groups in total. The van der Waals surface area contributed by atoms with Crippen molar-refractivity contribution in [3.8, 4) is 0 Å². The van der Waals surface area contributed by atoms with Crippen LogP contribution in [0, 0.1) is 0 Å². The summed E-state index contributed by atoms with van der Waals surface area (Å²) in [5.74, 6) is 0. The number of rotatable bonds is 0. The molecule has 0 atom stereocenters. The van der Waals surface area contributed by atoms with E-state index in [1.54, 1.807) is 0 Å². The predicted molar refractivity (Wildman–Crippen MR) is 30.3 cm³/mol. The molecule has 0 saturated carbocycles. The van der Waals surface area contributed by atoms with Crippen molar-refractivity contribution in [2.24, 2.45) is 0 Å². The Labute approximate surface area is 53.6 Å². The van der Waals surface area contributed by atoms with Crippen LogP contribution in [0.5, 0.6) is 0 Å². The summed E-state index contributed by atoms with van der Waals surface area (Å²) >= 11 is -0.455. The molecular weight excluding hydrogens is 195 g/mol. The van der Waals surface area contributed by atoms with Gasteiger partial charge in [-0.2, -0.15) is 0 Å². The van der Waals surface area contributed by atoms with Gasteiger partial charge in [0.05, 0.1) is 0 Å². The fourth-order valence-electron chi connectivity index (χ4n) is 0.342. The molecule has 0 fully saturated rings. The Hall–Kier alpha value is -0.121. The van der Waals surface area contributed by atoms with Crippen LogP contribution < -0.4 is 7.08 Å². The van der Waals surface area contributed by atoms with Gasteiger partial charge in [0.15, 0.2) is 0 Å². The molecule has 3 heteroatoms. The summed E-state index contributed by atoms with van der Waals surface area (Å²) in [5, 5.41) is 0. The summed E-state index contributed by atoms with van der Waals surface area (Å²) in [4.78, 5) is 0. The van der Waals surface area contributed by atoms with Crippen LogP contribution in [0.1, 0.15) is 0 Å². The van der Waals surface area contributed by atoms with Crippen molar-refractivity contribution < 1.29 is 0 Å². The first kappa shape index (κ1) is 5.02. The molecule has 36 valence electrons. The SMILES string of the molecule is C=C1C=C[NH][Sn][NH]1. The second kappa shape index (κ2) is 2.25. The van der Waals surface area contributed by atoms with Crippen LogP contribution >= 0.6 is 0 Å². The Morgan fingerprint density at radius 1 is 1.71 bits per heavy atom. The van der Waals surface area contributed by atoms with E-state index in [1.165, 1.54) is 0 Å². The first-order valence-corrected chi connectivity index (χ1v) is 4.87. The van der Waals surface area contributed by atoms with Gasteiger partial charge in [0.25, 0.3) is 0 Å². The van der Waals surface area contributed by atoms with Crippen molar-refractivity contribution >= 4 is 21.7 Å². The molecule has 2 nitrogen and oxygen atoms in total. The van der Waals surface area contributed by atoms with Crippen molar-refractivity contribution in [1.29, 1.82) is 0 Å². The zero-order valence-electron chi connectivity index (χ0n) is 3.86. The normalized spacial score (nSPS) is 18.0. The van der Waals surface area contributed by atoms with Crippen molar-refractivity contribution in [3.05, 3.63) is 24.6 Å². The number of nitrogens with one attached hydrogen (secondary N) is 2. The quantitative estimate of drug-likeness (QED) is 0.527. The Bertz CT molecular complexity index is 108. The first-order valence-electron chi connectivity index (χ1n) is 2.01. The van der Waals surface area contributed by atoms with Gasteiger partial charge in [0.1, 0.15) is 0 Å². The minimum atomic E-state index is -0.455. The van der Waals surface area contributed by atoms with Crippen LogP contribution in [-0.2, 0) is 0 Å². The molecule has 1 heterocycles. The van der Waals surface area contributed by atoms with Crippen molar-refractivity contribution in [3.63, 3.8) is 0 Å². The number of hydrogen-bond acceptors (Lipinski definition) is 2. The molecule has 2 radical (unpaired) electrons. The third-order valence-electron chi connectivity index (χ3n) is 0.663. The van der Waals surface area contributed by atoms with Gasteiger partial charge in [0, 0.05) is 0 Å². The van der Waals surface area contributed by atoms with E-state index in [4.69, 9.17) is 0 Å². The molecule has 0 aromatic heterocycles. The molecule has 0 aliphatic carbocycles. The molecule has 0 aromatic rings. The fraction of sp³-hybridized carbons (Fsp3) is 0. The number of allylic oxidation sites excluding steroid dienone is 1. The molecular formula is C4H6N2Sn. The zero-order chi connectivity index (χ0) is 5.11. The zero-order valence-corrected chi connectivity index (χ0v) is 6.72. The molecule has 0 saturated heterocycles. The molecule has 0 unspecified atom stereocenters. The summed E-state index contributed by atoms with van der Waals surface area (Å²) in [6.45, 7) is 3.72. The van der Waals surface area contributed by atoms with Crippen LogP contribution in [-0.4, -0.2) is 21.7 Å². The van der Waals surface area contributed by atoms with Crippen LogP contribution in [0.4, 0.5) is 0 Å². The summed E-state index contributed by atoms with van der Waals surface area (Å²) in [6, 6.07) is 0. The van der Waals surface area contributed by atoms with E-state index < -0.39 is 21.7 Å². The van der Waals surface area contributed by atoms with E-state index in [0.717, 1.165) is 5.70 Å². The molecule has 0 spiro atoms. The summed E-state index contributed by atoms with van der Waals surface area (Å²) in [7, 11) is 0. The van der Waals surface area contributed by atoms with Gasteiger partial charge in [-0.15, -0.1) is 0 Å². The van der Waals surface area contributed by atoms with E-state index in [-0.39, 0.29) is 0 Å². The fourth-order valence-corrected chi connectivity index (χ4v) is 1.72. The number of hydrogen-bond donors (Lipinski definition) is 2. The van der Waals surface area contributed by atoms with Gasteiger partial charge in [-0.3, -0.25) is 0 Å². The third-order valence-corrected chi connectivity index (χ3v) is 2.82. The molecule has 7 heavy (non-hydrogen) atoms. The molecule has 1 rings (SSSR count). The standard InChI is InChI=1S/C4H6N2.Sn/c1-4(6)2-3-5;/h2-3,5-6H,1H2;/q-2;+2. The Morgan fingerprint density at radius 2 is 2.57 bits per heavy atom. The maximum atomic E-state index is 3.72. The summed E-state index contributed by atoms with van der Waals surface area (Å²) in [6.07, 6.45) is 3.88. The average Bonchev–Trinajstić information content (AvgIpc) is 1.69. The minimum absolute atomic E-state index is 0.455. The van der Waals surface area contributed by atoms with Gasteiger partial charge in [-0.25, -0.2) is 0 Å². The first-order chi connectivity index (χ1) is 3.39. The molecule has 0 amide bonds. The van der Waals surface area contributed by atoms with E-state index in [1.807, 2.05) is 12.3 Å². The molecule has 0 aromatic carbocycles. The van der Waals surface area contributed by atoms with Gasteiger partial charge in [0.2, 0.25) is 0 Å². The second-order valence-electron chi connectivity index (χ2n) is 1.25. The Morgan fingerprint density at radius 3 is 2.86 bits per heavy atom. The van der Waals surface area contributed by atoms with Gasteiger partial charge in [-0.05, 0) is 0 Å². The summed E-state index contributed by atoms with van der Waals surface area (Å²) in [5.41, 5.74) is 1.05. The van der Waals surface area contributed by atoms with E-state index in [2.05, 4.69) is 13.7 Å². The van der Waals surface area contributed by atoms with Crippen LogP contribution in [0.3, 0.4) is 0 Å². The maximum absolute atomic E-state index is 3.72. The van der Waals surface area contributed by atoms with E-state index >= 15 is 0 Å². The molecule has 1 aliphatic heterocycles. The monoisotopic (exact) mass is 202 g/mol. The summed E-state index contributed by atoms with van der Waals surface area (Å²) < 4.78 is 6.29. The van der Waals surface area contributed by atoms with Gasteiger partial charge < -0.3 is 0 Å². The van der Waals surface area contributed by atoms with E-state index in [9.17, 15) is 0 Å². The van der Waals surface area contributed by atoms with Crippen molar-refractivity contribution in [1.82, 2.24) is 7.08 Å². The molecule has 0 bridgehead atoms. The van der Waals surface area contributed by atoms with Gasteiger partial charge in [-0.1, -0.05) is 0 Å².